The van der Waals surface area contributed by atoms with Crippen molar-refractivity contribution in [2.24, 2.45) is 0 Å². The maximum absolute atomic E-state index is 11.8. The maximum atomic E-state index is 11.8. The van der Waals surface area contributed by atoms with Gasteiger partial charge in [-0.15, -0.1) is 0 Å². The van der Waals surface area contributed by atoms with Gasteiger partial charge in [0.15, 0.2) is 11.4 Å². The van der Waals surface area contributed by atoms with Gasteiger partial charge in [-0.05, 0) is 30.7 Å². The number of ketones is 1. The van der Waals surface area contributed by atoms with Crippen LogP contribution >= 0.6 is 0 Å². The normalized spacial score (nSPS) is 10.9. The summed E-state index contributed by atoms with van der Waals surface area (Å²) in [5.41, 5.74) is 3.43. The van der Waals surface area contributed by atoms with Crippen LogP contribution in [0.4, 0.5) is 0 Å². The smallest absolute Gasteiger partial charge is 0.336 e. The van der Waals surface area contributed by atoms with Crippen molar-refractivity contribution in [1.29, 1.82) is 0 Å². The molecule has 0 aliphatic heterocycles. The number of carboxylic acid groups (broad SMARTS) is 1. The zero-order valence-corrected chi connectivity index (χ0v) is 15.0. The van der Waals surface area contributed by atoms with Gasteiger partial charge in [0.25, 0.3) is 0 Å². The number of aromatic nitrogens is 4. The van der Waals surface area contributed by atoms with Crippen molar-refractivity contribution in [3.63, 3.8) is 0 Å². The van der Waals surface area contributed by atoms with E-state index in [1.807, 2.05) is 12.1 Å². The number of hydrogen-bond donors (Lipinski definition) is 1. The highest BCUT2D eigenvalue weighted by Crippen LogP contribution is 2.26. The molecule has 4 rings (SSSR count). The molecule has 28 heavy (non-hydrogen) atoms. The van der Waals surface area contributed by atoms with Gasteiger partial charge in [0.1, 0.15) is 0 Å². The van der Waals surface area contributed by atoms with E-state index in [0.717, 1.165) is 11.1 Å². The third-order valence-electron chi connectivity index (χ3n) is 4.51. The number of pyridine rings is 2. The Morgan fingerprint density at radius 2 is 1.79 bits per heavy atom. The number of carbonyl (C=O) groups is 2. The molecule has 0 aliphatic rings. The van der Waals surface area contributed by atoms with Crippen LogP contribution < -0.4 is 0 Å². The molecule has 0 radical (unpaired) electrons. The minimum atomic E-state index is -1.04. The van der Waals surface area contributed by atoms with Crippen molar-refractivity contribution in [3.8, 4) is 11.3 Å². The van der Waals surface area contributed by atoms with Crippen LogP contribution in [0, 0.1) is 0 Å². The number of benzene rings is 1. The van der Waals surface area contributed by atoms with Crippen LogP contribution in [0.3, 0.4) is 0 Å². The molecular weight excluding hydrogens is 356 g/mol. The zero-order valence-electron chi connectivity index (χ0n) is 15.0. The molecule has 0 aliphatic carbocycles. The fourth-order valence-electron chi connectivity index (χ4n) is 3.03. The quantitative estimate of drug-likeness (QED) is 0.539. The molecule has 1 aromatic carbocycles. The van der Waals surface area contributed by atoms with Gasteiger partial charge in [0, 0.05) is 23.5 Å². The van der Waals surface area contributed by atoms with Crippen molar-refractivity contribution < 1.29 is 14.7 Å². The van der Waals surface area contributed by atoms with Crippen LogP contribution in [0.5, 0.6) is 0 Å². The van der Waals surface area contributed by atoms with Crippen LogP contribution in [0.25, 0.3) is 22.3 Å². The number of fused-ring (bicyclic) bond motifs is 1. The number of rotatable bonds is 5. The summed E-state index contributed by atoms with van der Waals surface area (Å²) in [5.74, 6) is -1.07. The highest BCUT2D eigenvalue weighted by atomic mass is 16.4. The first kappa shape index (κ1) is 17.5. The van der Waals surface area contributed by atoms with E-state index >= 15 is 0 Å². The number of aromatic carboxylic acids is 1. The lowest BCUT2D eigenvalue weighted by Gasteiger charge is -2.08. The number of hydrogen-bond acceptors (Lipinski definition) is 5. The molecule has 3 aromatic heterocycles. The number of Topliss-reactive ketones (excluding diaryl/α,β-unsaturated/α-hetero) is 1. The van der Waals surface area contributed by atoms with Crippen LogP contribution in [-0.2, 0) is 6.54 Å². The molecule has 0 saturated carbocycles. The highest BCUT2D eigenvalue weighted by Gasteiger charge is 2.17. The molecule has 0 spiro atoms. The third-order valence-corrected chi connectivity index (χ3v) is 4.51. The minimum absolute atomic E-state index is 0.0309. The van der Waals surface area contributed by atoms with Crippen molar-refractivity contribution in [2.75, 3.05) is 0 Å². The molecule has 1 N–H and O–H groups in total. The van der Waals surface area contributed by atoms with Crippen LogP contribution in [0.1, 0.15) is 33.2 Å². The maximum Gasteiger partial charge on any atom is 0.336 e. The van der Waals surface area contributed by atoms with Crippen LogP contribution in [0.2, 0.25) is 0 Å². The second-order valence-corrected chi connectivity index (χ2v) is 6.39. The topological polar surface area (TPSA) is 98.0 Å². The molecular formula is C21H16N4O3. The molecule has 0 unspecified atom stereocenters. The first-order valence-electron chi connectivity index (χ1n) is 8.63. The second kappa shape index (κ2) is 7.03. The summed E-state index contributed by atoms with van der Waals surface area (Å²) in [6, 6.07) is 12.2. The minimum Gasteiger partial charge on any atom is -0.478 e. The standard InChI is InChI=1S/C21H16N4O3/c1-13(26)15-2-4-16(5-3-15)19-10-17(21(27)28)18-11-23-25(20(18)24-19)12-14-6-8-22-9-7-14/h2-11H,12H2,1H3,(H,27,28). The van der Waals surface area contributed by atoms with E-state index in [9.17, 15) is 14.7 Å². The Morgan fingerprint density at radius 1 is 1.07 bits per heavy atom. The average Bonchev–Trinajstić information content (AvgIpc) is 3.10. The van der Waals surface area contributed by atoms with E-state index in [1.165, 1.54) is 19.2 Å². The van der Waals surface area contributed by atoms with Gasteiger partial charge in [-0.1, -0.05) is 24.3 Å². The van der Waals surface area contributed by atoms with Gasteiger partial charge in [-0.2, -0.15) is 5.10 Å². The van der Waals surface area contributed by atoms with Crippen molar-refractivity contribution in [1.82, 2.24) is 19.7 Å². The van der Waals surface area contributed by atoms with Gasteiger partial charge in [-0.3, -0.25) is 9.78 Å². The Labute approximate surface area is 160 Å². The predicted molar refractivity (Wildman–Crippen MR) is 103 cm³/mol. The largest absolute Gasteiger partial charge is 0.478 e. The van der Waals surface area contributed by atoms with Gasteiger partial charge in [0.2, 0.25) is 0 Å². The molecule has 3 heterocycles. The summed E-state index contributed by atoms with van der Waals surface area (Å²) in [6.07, 6.45) is 4.91. The van der Waals surface area contributed by atoms with E-state index in [2.05, 4.69) is 15.1 Å². The number of carboxylic acids is 1. The number of carbonyl (C=O) groups excluding carboxylic acids is 1. The van der Waals surface area contributed by atoms with Gasteiger partial charge in [0.05, 0.1) is 29.4 Å². The van der Waals surface area contributed by atoms with Gasteiger partial charge < -0.3 is 5.11 Å². The monoisotopic (exact) mass is 372 g/mol. The molecule has 7 nitrogen and oxygen atoms in total. The van der Waals surface area contributed by atoms with Gasteiger partial charge >= 0.3 is 5.97 Å². The molecule has 0 atom stereocenters. The molecule has 0 fully saturated rings. The summed E-state index contributed by atoms with van der Waals surface area (Å²) in [6.45, 7) is 1.95. The first-order valence-corrected chi connectivity index (χ1v) is 8.63. The Bertz CT molecular complexity index is 1180. The van der Waals surface area contributed by atoms with Crippen molar-refractivity contribution in [2.45, 2.75) is 13.5 Å². The van der Waals surface area contributed by atoms with Gasteiger partial charge in [-0.25, -0.2) is 14.5 Å². The van der Waals surface area contributed by atoms with E-state index in [4.69, 9.17) is 0 Å². The second-order valence-electron chi connectivity index (χ2n) is 6.39. The fourth-order valence-corrected chi connectivity index (χ4v) is 3.03. The first-order chi connectivity index (χ1) is 13.5. The zero-order chi connectivity index (χ0) is 19.7. The lowest BCUT2D eigenvalue weighted by atomic mass is 10.0. The lowest BCUT2D eigenvalue weighted by Crippen LogP contribution is -2.05. The molecule has 0 bridgehead atoms. The van der Waals surface area contributed by atoms with E-state index in [-0.39, 0.29) is 11.3 Å². The molecule has 7 heteroatoms. The molecule has 138 valence electrons. The Morgan fingerprint density at radius 3 is 2.43 bits per heavy atom. The van der Waals surface area contributed by atoms with Crippen molar-refractivity contribution >= 4 is 22.8 Å². The van der Waals surface area contributed by atoms with Crippen molar-refractivity contribution in [3.05, 3.63) is 77.7 Å². The SMILES string of the molecule is CC(=O)c1ccc(-c2cc(C(=O)O)c3cnn(Cc4ccncc4)c3n2)cc1. The Kier molecular flexibility index (Phi) is 4.41. The summed E-state index contributed by atoms with van der Waals surface area (Å²) in [4.78, 5) is 31.9. The summed E-state index contributed by atoms with van der Waals surface area (Å²) in [5, 5.41) is 14.5. The average molecular weight is 372 g/mol. The summed E-state index contributed by atoms with van der Waals surface area (Å²) >= 11 is 0. The highest BCUT2D eigenvalue weighted by molar-refractivity contribution is 6.03. The summed E-state index contributed by atoms with van der Waals surface area (Å²) < 4.78 is 1.67. The van der Waals surface area contributed by atoms with E-state index in [0.29, 0.717) is 28.8 Å². The van der Waals surface area contributed by atoms with E-state index in [1.54, 1.807) is 41.3 Å². The molecule has 4 aromatic rings. The van der Waals surface area contributed by atoms with E-state index < -0.39 is 5.97 Å². The third kappa shape index (κ3) is 3.25. The van der Waals surface area contributed by atoms with Crippen LogP contribution in [-0.4, -0.2) is 36.6 Å². The Hall–Kier alpha value is -3.87. The molecule has 0 saturated heterocycles. The van der Waals surface area contributed by atoms with Crippen LogP contribution in [0.15, 0.2) is 61.1 Å². The predicted octanol–water partition coefficient (Wildman–Crippen LogP) is 3.44. The summed E-state index contributed by atoms with van der Waals surface area (Å²) in [7, 11) is 0. The molecule has 0 amide bonds. The Balaban J connectivity index is 1.84. The lowest BCUT2D eigenvalue weighted by molar-refractivity contribution is 0.0698. The fraction of sp³-hybridized carbons (Fsp3) is 0.0952. The number of nitrogens with zero attached hydrogens (tertiary/aromatic N) is 4.